The Morgan fingerprint density at radius 3 is 2.57 bits per heavy atom. The van der Waals surface area contributed by atoms with E-state index >= 15 is 0 Å². The lowest BCUT2D eigenvalue weighted by Crippen LogP contribution is -2.52. The first kappa shape index (κ1) is 24.2. The number of carbonyl (C=O) groups excluding carboxylic acids is 2. The van der Waals surface area contributed by atoms with Gasteiger partial charge in [-0.1, -0.05) is 32.0 Å². The molecule has 158 valence electrons. The Hall–Kier alpha value is -1.79. The molecule has 6 nitrogen and oxygen atoms in total. The predicted octanol–water partition coefficient (Wildman–Crippen LogP) is 2.75. The lowest BCUT2D eigenvalue weighted by molar-refractivity contribution is -0.136. The van der Waals surface area contributed by atoms with Crippen molar-refractivity contribution in [1.82, 2.24) is 10.2 Å². The van der Waals surface area contributed by atoms with Crippen molar-refractivity contribution in [3.63, 3.8) is 0 Å². The van der Waals surface area contributed by atoms with Crippen molar-refractivity contribution < 1.29 is 14.3 Å². The first-order chi connectivity index (χ1) is 13.0. The molecule has 28 heavy (non-hydrogen) atoms. The number of likely N-dealkylation sites (tertiary alicyclic amines) is 1. The number of nitrogens with zero attached hydrogens (tertiary/aromatic N) is 1. The lowest BCUT2D eigenvalue weighted by atomic mass is 9.93. The van der Waals surface area contributed by atoms with Crippen LogP contribution in [0.15, 0.2) is 30.3 Å². The summed E-state index contributed by atoms with van der Waals surface area (Å²) in [6, 6.07) is 9.47. The van der Waals surface area contributed by atoms with E-state index in [1.165, 1.54) is 0 Å². The van der Waals surface area contributed by atoms with E-state index in [9.17, 15) is 9.59 Å². The summed E-state index contributed by atoms with van der Waals surface area (Å²) in [7, 11) is 0. The van der Waals surface area contributed by atoms with Gasteiger partial charge in [0.05, 0.1) is 18.9 Å². The van der Waals surface area contributed by atoms with Crippen LogP contribution in [0.1, 0.15) is 46.0 Å². The molecule has 7 heteroatoms. The van der Waals surface area contributed by atoms with E-state index in [0.717, 1.165) is 31.4 Å². The number of benzene rings is 1. The van der Waals surface area contributed by atoms with Crippen LogP contribution in [0.25, 0.3) is 0 Å². The van der Waals surface area contributed by atoms with Crippen molar-refractivity contribution >= 4 is 24.2 Å². The van der Waals surface area contributed by atoms with Crippen LogP contribution in [0.5, 0.6) is 5.75 Å². The first-order valence-electron chi connectivity index (χ1n) is 9.99. The molecule has 1 saturated heterocycles. The zero-order valence-electron chi connectivity index (χ0n) is 17.0. The quantitative estimate of drug-likeness (QED) is 0.654. The zero-order chi connectivity index (χ0) is 19.7. The second kappa shape index (κ2) is 11.9. The Kier molecular flexibility index (Phi) is 10.3. The average molecular weight is 412 g/mol. The Balaban J connectivity index is 0.00000392. The van der Waals surface area contributed by atoms with Gasteiger partial charge in [0.25, 0.3) is 0 Å². The molecule has 0 bridgehead atoms. The van der Waals surface area contributed by atoms with Crippen LogP contribution in [-0.4, -0.2) is 48.5 Å². The fourth-order valence-corrected chi connectivity index (χ4v) is 3.26. The molecule has 1 aliphatic heterocycles. The third-order valence-corrected chi connectivity index (χ3v) is 5.50. The SMILES string of the molecule is CCC(N)(CC)CNC(=O)C1CCCN(C(=O)CCOc2ccccc2)C1.Cl. The standard InChI is InChI=1S/C21H33N3O3.ClH/c1-3-21(22,4-2)16-23-20(26)17-9-8-13-24(15-17)19(25)12-14-27-18-10-6-5-7-11-18;/h5-7,10-11,17H,3-4,8-9,12-16,22H2,1-2H3,(H,23,26);1H. The number of hydrogen-bond acceptors (Lipinski definition) is 4. The Morgan fingerprint density at radius 2 is 1.93 bits per heavy atom. The van der Waals surface area contributed by atoms with E-state index in [2.05, 4.69) is 5.32 Å². The third-order valence-electron chi connectivity index (χ3n) is 5.50. The smallest absolute Gasteiger partial charge is 0.226 e. The van der Waals surface area contributed by atoms with Crippen LogP contribution in [0.3, 0.4) is 0 Å². The molecule has 1 unspecified atom stereocenters. The molecule has 1 fully saturated rings. The van der Waals surface area contributed by atoms with Crippen LogP contribution < -0.4 is 15.8 Å². The number of ether oxygens (including phenoxy) is 1. The highest BCUT2D eigenvalue weighted by Crippen LogP contribution is 2.18. The average Bonchev–Trinajstić information content (AvgIpc) is 2.72. The molecule has 2 rings (SSSR count). The summed E-state index contributed by atoms with van der Waals surface area (Å²) in [5.41, 5.74) is 5.91. The number of amides is 2. The van der Waals surface area contributed by atoms with E-state index in [-0.39, 0.29) is 35.7 Å². The minimum absolute atomic E-state index is 0. The lowest BCUT2D eigenvalue weighted by Gasteiger charge is -2.33. The third kappa shape index (κ3) is 7.32. The van der Waals surface area contributed by atoms with E-state index in [1.807, 2.05) is 44.2 Å². The van der Waals surface area contributed by atoms with Gasteiger partial charge in [-0.25, -0.2) is 0 Å². The van der Waals surface area contributed by atoms with Gasteiger partial charge in [-0.15, -0.1) is 12.4 Å². The van der Waals surface area contributed by atoms with Crippen molar-refractivity contribution in [1.29, 1.82) is 0 Å². The number of para-hydroxylation sites is 1. The predicted molar refractivity (Wildman–Crippen MR) is 114 cm³/mol. The summed E-state index contributed by atoms with van der Waals surface area (Å²) >= 11 is 0. The summed E-state index contributed by atoms with van der Waals surface area (Å²) in [5, 5.41) is 2.99. The van der Waals surface area contributed by atoms with Gasteiger partial charge < -0.3 is 20.7 Å². The van der Waals surface area contributed by atoms with Crippen molar-refractivity contribution in [2.24, 2.45) is 11.7 Å². The summed E-state index contributed by atoms with van der Waals surface area (Å²) in [6.45, 7) is 6.08. The fourth-order valence-electron chi connectivity index (χ4n) is 3.26. The molecule has 1 aromatic rings. The van der Waals surface area contributed by atoms with Gasteiger partial charge in [-0.05, 0) is 37.8 Å². The van der Waals surface area contributed by atoms with E-state index < -0.39 is 0 Å². The molecule has 1 atom stereocenters. The summed E-state index contributed by atoms with van der Waals surface area (Å²) in [6.07, 6.45) is 3.62. The highest BCUT2D eigenvalue weighted by atomic mass is 35.5. The molecule has 3 N–H and O–H groups in total. The van der Waals surface area contributed by atoms with E-state index in [4.69, 9.17) is 10.5 Å². The van der Waals surface area contributed by atoms with Gasteiger partial charge in [0.1, 0.15) is 5.75 Å². The molecule has 0 aliphatic carbocycles. The number of nitrogens with two attached hydrogens (primary N) is 1. The van der Waals surface area contributed by atoms with Crippen molar-refractivity contribution in [3.8, 4) is 5.75 Å². The van der Waals surface area contributed by atoms with Gasteiger partial charge in [0.2, 0.25) is 11.8 Å². The van der Waals surface area contributed by atoms with Crippen LogP contribution >= 0.6 is 12.4 Å². The zero-order valence-corrected chi connectivity index (χ0v) is 17.8. The summed E-state index contributed by atoms with van der Waals surface area (Å²) in [5.74, 6) is 0.650. The van der Waals surface area contributed by atoms with Gasteiger partial charge in [0, 0.05) is 25.2 Å². The second-order valence-electron chi connectivity index (χ2n) is 7.38. The molecule has 0 aromatic heterocycles. The number of carbonyl (C=O) groups is 2. The number of hydrogen-bond donors (Lipinski definition) is 2. The van der Waals surface area contributed by atoms with Crippen molar-refractivity contribution in [3.05, 3.63) is 30.3 Å². The van der Waals surface area contributed by atoms with Gasteiger partial charge in [-0.2, -0.15) is 0 Å². The molecule has 1 aromatic carbocycles. The van der Waals surface area contributed by atoms with E-state index in [1.54, 1.807) is 4.90 Å². The molecule has 0 radical (unpaired) electrons. The highest BCUT2D eigenvalue weighted by molar-refractivity contribution is 5.85. The molecular formula is C21H34ClN3O3. The molecule has 0 saturated carbocycles. The van der Waals surface area contributed by atoms with E-state index in [0.29, 0.717) is 32.7 Å². The van der Waals surface area contributed by atoms with Crippen LogP contribution in [0.2, 0.25) is 0 Å². The van der Waals surface area contributed by atoms with Crippen LogP contribution in [-0.2, 0) is 9.59 Å². The highest BCUT2D eigenvalue weighted by Gasteiger charge is 2.29. The normalized spacial score (nSPS) is 16.8. The number of piperidine rings is 1. The molecular weight excluding hydrogens is 378 g/mol. The fraction of sp³-hybridized carbons (Fsp3) is 0.619. The minimum atomic E-state index is -0.353. The van der Waals surface area contributed by atoms with Gasteiger partial charge in [-0.3, -0.25) is 9.59 Å². The topological polar surface area (TPSA) is 84.7 Å². The van der Waals surface area contributed by atoms with Crippen molar-refractivity contribution in [2.45, 2.75) is 51.5 Å². The number of nitrogens with one attached hydrogen (secondary N) is 1. The minimum Gasteiger partial charge on any atom is -0.493 e. The van der Waals surface area contributed by atoms with Gasteiger partial charge >= 0.3 is 0 Å². The maximum Gasteiger partial charge on any atom is 0.226 e. The molecule has 0 spiro atoms. The van der Waals surface area contributed by atoms with Crippen LogP contribution in [0.4, 0.5) is 0 Å². The second-order valence-corrected chi connectivity index (χ2v) is 7.38. The first-order valence-corrected chi connectivity index (χ1v) is 9.99. The maximum atomic E-state index is 12.5. The molecule has 1 aliphatic rings. The number of halogens is 1. The van der Waals surface area contributed by atoms with Gasteiger partial charge in [0.15, 0.2) is 0 Å². The maximum absolute atomic E-state index is 12.5. The number of rotatable bonds is 9. The summed E-state index contributed by atoms with van der Waals surface area (Å²) < 4.78 is 5.60. The molecule has 2 amide bonds. The summed E-state index contributed by atoms with van der Waals surface area (Å²) in [4.78, 5) is 26.8. The Labute approximate surface area is 174 Å². The monoisotopic (exact) mass is 411 g/mol. The molecule has 1 heterocycles. The van der Waals surface area contributed by atoms with Crippen molar-refractivity contribution in [2.75, 3.05) is 26.2 Å². The Bertz CT molecular complexity index is 608. The Morgan fingerprint density at radius 1 is 1.25 bits per heavy atom. The largest absolute Gasteiger partial charge is 0.493 e. The van der Waals surface area contributed by atoms with Crippen LogP contribution in [0, 0.1) is 5.92 Å².